The van der Waals surface area contributed by atoms with E-state index >= 15 is 0 Å². The van der Waals surface area contributed by atoms with Crippen molar-refractivity contribution in [1.29, 1.82) is 0 Å². The molecule has 0 saturated carbocycles. The minimum atomic E-state index is 0.371. The highest BCUT2D eigenvalue weighted by molar-refractivity contribution is 7.80. The van der Waals surface area contributed by atoms with Gasteiger partial charge in [-0.15, -0.1) is 0 Å². The molecular weight excluding hydrogens is 148 g/mol. The fourth-order valence-corrected chi connectivity index (χ4v) is 0.703. The Bertz CT molecular complexity index is 220. The molecule has 0 saturated heterocycles. The minimum Gasteiger partial charge on any atom is -0.252 e. The lowest BCUT2D eigenvalue weighted by Gasteiger charge is -2.24. The Kier molecular flexibility index (Phi) is 1.69. The van der Waals surface area contributed by atoms with Gasteiger partial charge in [0.25, 0.3) is 0 Å². The van der Waals surface area contributed by atoms with Gasteiger partial charge >= 0.3 is 0 Å². The van der Waals surface area contributed by atoms with Crippen LogP contribution in [-0.2, 0) is 0 Å². The molecule has 0 unspecified atom stereocenters. The summed E-state index contributed by atoms with van der Waals surface area (Å²) in [6.07, 6.45) is 0. The second-order valence-electron chi connectivity index (χ2n) is 1.93. The predicted molar refractivity (Wildman–Crippen MR) is 44.0 cm³/mol. The molecule has 0 fully saturated rings. The van der Waals surface area contributed by atoms with E-state index in [4.69, 9.17) is 18.1 Å². The van der Waals surface area contributed by atoms with E-state index in [2.05, 4.69) is 17.1 Å². The number of allylic oxidation sites excluding steroid dienone is 1. The van der Waals surface area contributed by atoms with Gasteiger partial charge in [-0.05, 0) is 19.1 Å². The molecule has 4 nitrogen and oxygen atoms in total. The third-order valence-electron chi connectivity index (χ3n) is 1.25. The van der Waals surface area contributed by atoms with Gasteiger partial charge in [0, 0.05) is 0 Å². The molecule has 5 heteroatoms. The Hall–Kier alpha value is -0.940. The van der Waals surface area contributed by atoms with Crippen LogP contribution >= 0.6 is 12.2 Å². The summed E-state index contributed by atoms with van der Waals surface area (Å²) < 4.78 is 0. The van der Waals surface area contributed by atoms with Gasteiger partial charge in [-0.1, -0.05) is 6.58 Å². The molecule has 0 aromatic rings. The Morgan fingerprint density at radius 3 is 2.90 bits per heavy atom. The summed E-state index contributed by atoms with van der Waals surface area (Å²) in [5.74, 6) is 5.46. The van der Waals surface area contributed by atoms with E-state index in [9.17, 15) is 0 Å². The lowest BCUT2D eigenvalue weighted by atomic mass is 10.3. The average Bonchev–Trinajstić information content (AvgIpc) is 1.93. The molecule has 0 aromatic carbocycles. The second kappa shape index (κ2) is 2.36. The van der Waals surface area contributed by atoms with E-state index in [0.717, 1.165) is 5.71 Å². The van der Waals surface area contributed by atoms with Crippen LogP contribution < -0.4 is 11.3 Å². The van der Waals surface area contributed by atoms with Crippen LogP contribution in [0.1, 0.15) is 6.92 Å². The maximum absolute atomic E-state index is 5.46. The zero-order chi connectivity index (χ0) is 7.72. The van der Waals surface area contributed by atoms with Crippen molar-refractivity contribution in [3.05, 3.63) is 12.3 Å². The van der Waals surface area contributed by atoms with E-state index in [1.807, 2.05) is 0 Å². The molecule has 1 aliphatic heterocycles. The maximum atomic E-state index is 5.46. The highest BCUT2D eigenvalue weighted by atomic mass is 32.1. The zero-order valence-corrected chi connectivity index (χ0v) is 6.40. The standard InChI is InChI=1S/C5H8N4S/c1-3-4(2)9(6)5(10)8-7-3/h2,6H2,1H3,(H,8,10). The van der Waals surface area contributed by atoms with E-state index in [1.54, 1.807) is 6.92 Å². The van der Waals surface area contributed by atoms with Gasteiger partial charge in [0.1, 0.15) is 0 Å². The van der Waals surface area contributed by atoms with Crippen molar-refractivity contribution < 1.29 is 0 Å². The maximum Gasteiger partial charge on any atom is 0.208 e. The van der Waals surface area contributed by atoms with Gasteiger partial charge in [-0.25, -0.2) is 5.84 Å². The van der Waals surface area contributed by atoms with Crippen molar-refractivity contribution in [2.75, 3.05) is 0 Å². The van der Waals surface area contributed by atoms with Crippen LogP contribution in [-0.4, -0.2) is 15.8 Å². The van der Waals surface area contributed by atoms with E-state index in [-0.39, 0.29) is 0 Å². The summed E-state index contributed by atoms with van der Waals surface area (Å²) in [6.45, 7) is 5.47. The smallest absolute Gasteiger partial charge is 0.208 e. The topological polar surface area (TPSA) is 53.7 Å². The fraction of sp³-hybridized carbons (Fsp3) is 0.200. The predicted octanol–water partition coefficient (Wildman–Crippen LogP) is -0.0602. The number of hydrogen-bond acceptors (Lipinski definition) is 3. The molecule has 1 rings (SSSR count). The Morgan fingerprint density at radius 1 is 1.80 bits per heavy atom. The molecule has 0 aromatic heterocycles. The van der Waals surface area contributed by atoms with Crippen molar-refractivity contribution in [3.8, 4) is 0 Å². The number of nitrogens with two attached hydrogens (primary N) is 1. The van der Waals surface area contributed by atoms with Crippen LogP contribution in [0.4, 0.5) is 0 Å². The summed E-state index contributed by atoms with van der Waals surface area (Å²) in [5, 5.41) is 5.51. The molecule has 0 atom stereocenters. The van der Waals surface area contributed by atoms with Crippen LogP contribution in [0.5, 0.6) is 0 Å². The largest absolute Gasteiger partial charge is 0.252 e. The Morgan fingerprint density at radius 2 is 2.40 bits per heavy atom. The summed E-state index contributed by atoms with van der Waals surface area (Å²) >= 11 is 4.78. The average molecular weight is 156 g/mol. The van der Waals surface area contributed by atoms with Crippen LogP contribution in [0.2, 0.25) is 0 Å². The number of thiocarbonyl (C=S) groups is 1. The molecule has 0 aliphatic carbocycles. The summed E-state index contributed by atoms with van der Waals surface area (Å²) in [7, 11) is 0. The molecule has 0 amide bonds. The lowest BCUT2D eigenvalue weighted by Crippen LogP contribution is -2.47. The monoisotopic (exact) mass is 156 g/mol. The summed E-state index contributed by atoms with van der Waals surface area (Å²) in [4.78, 5) is 0. The van der Waals surface area contributed by atoms with Crippen molar-refractivity contribution in [3.63, 3.8) is 0 Å². The molecule has 54 valence electrons. The first-order valence-corrected chi connectivity index (χ1v) is 3.12. The molecule has 3 N–H and O–H groups in total. The lowest BCUT2D eigenvalue weighted by molar-refractivity contribution is 0.547. The van der Waals surface area contributed by atoms with Crippen LogP contribution in [0.15, 0.2) is 17.4 Å². The van der Waals surface area contributed by atoms with Gasteiger partial charge in [0.15, 0.2) is 0 Å². The van der Waals surface area contributed by atoms with Crippen LogP contribution in [0, 0.1) is 0 Å². The quantitative estimate of drug-likeness (QED) is 0.381. The number of hydrogen-bond donors (Lipinski definition) is 2. The molecule has 1 aliphatic rings. The third-order valence-corrected chi connectivity index (χ3v) is 1.53. The van der Waals surface area contributed by atoms with Gasteiger partial charge in [0.2, 0.25) is 5.11 Å². The normalized spacial score (nSPS) is 18.6. The molecule has 0 spiro atoms. The minimum absolute atomic E-state index is 0.371. The number of nitrogens with one attached hydrogen (secondary N) is 1. The summed E-state index contributed by atoms with van der Waals surface area (Å²) in [5.41, 5.74) is 3.95. The Labute approximate surface area is 64.3 Å². The van der Waals surface area contributed by atoms with Crippen LogP contribution in [0.25, 0.3) is 0 Å². The van der Waals surface area contributed by atoms with Gasteiger partial charge < -0.3 is 0 Å². The first kappa shape index (κ1) is 7.17. The van der Waals surface area contributed by atoms with Gasteiger partial charge in [-0.2, -0.15) is 5.10 Å². The molecule has 1 heterocycles. The molecule has 10 heavy (non-hydrogen) atoms. The van der Waals surface area contributed by atoms with Gasteiger partial charge in [-0.3, -0.25) is 10.4 Å². The van der Waals surface area contributed by atoms with E-state index < -0.39 is 0 Å². The number of hydrazine groups is 1. The summed E-state index contributed by atoms with van der Waals surface area (Å²) in [6, 6.07) is 0. The first-order chi connectivity index (χ1) is 4.63. The SMILES string of the molecule is C=C1C(C)=NNC(=S)N1N. The third kappa shape index (κ3) is 1.01. The number of nitrogens with zero attached hydrogens (tertiary/aromatic N) is 2. The highest BCUT2D eigenvalue weighted by Gasteiger charge is 2.15. The van der Waals surface area contributed by atoms with E-state index in [0.29, 0.717) is 10.8 Å². The van der Waals surface area contributed by atoms with E-state index in [1.165, 1.54) is 5.01 Å². The van der Waals surface area contributed by atoms with Crippen molar-refractivity contribution in [2.24, 2.45) is 10.9 Å². The van der Waals surface area contributed by atoms with Crippen molar-refractivity contribution in [1.82, 2.24) is 10.4 Å². The van der Waals surface area contributed by atoms with Crippen molar-refractivity contribution in [2.45, 2.75) is 6.92 Å². The Balaban J connectivity index is 2.91. The number of hydrazone groups is 1. The molecule has 0 bridgehead atoms. The molecular formula is C5H8N4S. The second-order valence-corrected chi connectivity index (χ2v) is 2.32. The van der Waals surface area contributed by atoms with Gasteiger partial charge in [0.05, 0.1) is 11.4 Å². The fourth-order valence-electron chi connectivity index (χ4n) is 0.547. The van der Waals surface area contributed by atoms with Crippen molar-refractivity contribution >= 4 is 23.0 Å². The zero-order valence-electron chi connectivity index (χ0n) is 5.59. The first-order valence-electron chi connectivity index (χ1n) is 2.71. The highest BCUT2D eigenvalue weighted by Crippen LogP contribution is 2.03. The molecule has 0 radical (unpaired) electrons. The number of rotatable bonds is 0. The van der Waals surface area contributed by atoms with Crippen LogP contribution in [0.3, 0.4) is 0 Å².